The van der Waals surface area contributed by atoms with Gasteiger partial charge >= 0.3 is 0 Å². The van der Waals surface area contributed by atoms with E-state index in [2.05, 4.69) is 0 Å². The van der Waals surface area contributed by atoms with Crippen molar-refractivity contribution in [2.24, 2.45) is 5.73 Å². The molecule has 0 bridgehead atoms. The number of benzene rings is 1. The lowest BCUT2D eigenvalue weighted by Gasteiger charge is -2.10. The number of halogens is 1. The van der Waals surface area contributed by atoms with Gasteiger partial charge in [-0.05, 0) is 24.6 Å². The molecular weight excluding hydrogens is 247 g/mol. The van der Waals surface area contributed by atoms with Crippen LogP contribution in [0.4, 0.5) is 10.1 Å². The SMILES string of the molecule is CC(C(N)=O)c1ccc(NS(C)(=O)=O)c(F)c1. The monoisotopic (exact) mass is 260 g/mol. The Bertz CT molecular complexity index is 542. The summed E-state index contributed by atoms with van der Waals surface area (Å²) in [6.45, 7) is 1.54. The van der Waals surface area contributed by atoms with Gasteiger partial charge in [0, 0.05) is 0 Å². The largest absolute Gasteiger partial charge is 0.369 e. The van der Waals surface area contributed by atoms with Crippen LogP contribution in [0.15, 0.2) is 18.2 Å². The number of hydrogen-bond acceptors (Lipinski definition) is 3. The van der Waals surface area contributed by atoms with Gasteiger partial charge in [-0.3, -0.25) is 9.52 Å². The van der Waals surface area contributed by atoms with Crippen LogP contribution >= 0.6 is 0 Å². The fraction of sp³-hybridized carbons (Fsp3) is 0.300. The molecule has 0 radical (unpaired) electrons. The number of rotatable bonds is 4. The predicted molar refractivity (Wildman–Crippen MR) is 62.5 cm³/mol. The highest BCUT2D eigenvalue weighted by atomic mass is 32.2. The van der Waals surface area contributed by atoms with E-state index >= 15 is 0 Å². The van der Waals surface area contributed by atoms with Crippen LogP contribution in [-0.2, 0) is 14.8 Å². The molecule has 0 heterocycles. The molecule has 7 heteroatoms. The molecule has 1 aromatic carbocycles. The minimum absolute atomic E-state index is 0.159. The van der Waals surface area contributed by atoms with Gasteiger partial charge in [0.1, 0.15) is 5.82 Å². The average molecular weight is 260 g/mol. The number of primary amides is 1. The first-order chi connectivity index (χ1) is 7.70. The third-order valence-electron chi connectivity index (χ3n) is 2.22. The van der Waals surface area contributed by atoms with Gasteiger partial charge < -0.3 is 5.73 Å². The maximum atomic E-state index is 13.5. The van der Waals surface area contributed by atoms with Crippen molar-refractivity contribution in [3.05, 3.63) is 29.6 Å². The zero-order chi connectivity index (χ0) is 13.2. The van der Waals surface area contributed by atoms with E-state index in [0.717, 1.165) is 12.3 Å². The molecule has 1 amide bonds. The number of sulfonamides is 1. The van der Waals surface area contributed by atoms with Crippen molar-refractivity contribution in [1.29, 1.82) is 0 Å². The molecule has 0 saturated carbocycles. The Kier molecular flexibility index (Phi) is 3.72. The molecule has 0 saturated heterocycles. The van der Waals surface area contributed by atoms with Crippen LogP contribution in [0.1, 0.15) is 18.4 Å². The van der Waals surface area contributed by atoms with Gasteiger partial charge in [-0.25, -0.2) is 12.8 Å². The van der Waals surface area contributed by atoms with Crippen molar-refractivity contribution in [2.45, 2.75) is 12.8 Å². The zero-order valence-corrected chi connectivity index (χ0v) is 10.2. The summed E-state index contributed by atoms with van der Waals surface area (Å²) in [5.74, 6) is -1.95. The molecule has 1 atom stereocenters. The van der Waals surface area contributed by atoms with Crippen molar-refractivity contribution in [2.75, 3.05) is 11.0 Å². The molecule has 0 aliphatic carbocycles. The van der Waals surface area contributed by atoms with Crippen molar-refractivity contribution < 1.29 is 17.6 Å². The molecular formula is C10H13FN2O3S. The highest BCUT2D eigenvalue weighted by molar-refractivity contribution is 7.92. The smallest absolute Gasteiger partial charge is 0.229 e. The number of hydrogen-bond donors (Lipinski definition) is 2. The molecule has 0 aromatic heterocycles. The Hall–Kier alpha value is -1.63. The van der Waals surface area contributed by atoms with E-state index in [9.17, 15) is 17.6 Å². The van der Waals surface area contributed by atoms with Crippen LogP contribution in [0.3, 0.4) is 0 Å². The summed E-state index contributed by atoms with van der Waals surface area (Å²) < 4.78 is 37.4. The highest BCUT2D eigenvalue weighted by Gasteiger charge is 2.14. The predicted octanol–water partition coefficient (Wildman–Crippen LogP) is 0.786. The molecule has 17 heavy (non-hydrogen) atoms. The number of carbonyl (C=O) groups is 1. The van der Waals surface area contributed by atoms with Crippen LogP contribution < -0.4 is 10.5 Å². The minimum Gasteiger partial charge on any atom is -0.369 e. The Morgan fingerprint density at radius 2 is 2.06 bits per heavy atom. The van der Waals surface area contributed by atoms with Gasteiger partial charge in [0.25, 0.3) is 0 Å². The van der Waals surface area contributed by atoms with Crippen LogP contribution in [0.5, 0.6) is 0 Å². The highest BCUT2D eigenvalue weighted by Crippen LogP contribution is 2.21. The molecule has 1 unspecified atom stereocenters. The second-order valence-corrected chi connectivity index (χ2v) is 5.49. The lowest BCUT2D eigenvalue weighted by atomic mass is 10.0. The second kappa shape index (κ2) is 4.70. The molecule has 1 aromatic rings. The van der Waals surface area contributed by atoms with E-state index in [1.165, 1.54) is 12.1 Å². The zero-order valence-electron chi connectivity index (χ0n) is 9.40. The standard InChI is InChI=1S/C10H13FN2O3S/c1-6(10(12)14)7-3-4-9(8(11)5-7)13-17(2,15)16/h3-6,13H,1-2H3,(H2,12,14). The number of nitrogens with two attached hydrogens (primary N) is 1. The summed E-state index contributed by atoms with van der Waals surface area (Å²) in [5, 5.41) is 0. The summed E-state index contributed by atoms with van der Waals surface area (Å²) in [7, 11) is -3.53. The molecule has 0 aliphatic rings. The van der Waals surface area contributed by atoms with E-state index < -0.39 is 27.7 Å². The number of nitrogens with one attached hydrogen (secondary N) is 1. The lowest BCUT2D eigenvalue weighted by molar-refractivity contribution is -0.119. The van der Waals surface area contributed by atoms with E-state index in [1.807, 2.05) is 4.72 Å². The minimum atomic E-state index is -3.53. The van der Waals surface area contributed by atoms with Crippen LogP contribution in [0, 0.1) is 5.82 Å². The molecule has 3 N–H and O–H groups in total. The molecule has 5 nitrogen and oxygen atoms in total. The number of amides is 1. The van der Waals surface area contributed by atoms with Crippen LogP contribution in [-0.4, -0.2) is 20.6 Å². The summed E-state index contributed by atoms with van der Waals surface area (Å²) in [6, 6.07) is 3.79. The molecule has 0 spiro atoms. The second-order valence-electron chi connectivity index (χ2n) is 3.74. The van der Waals surface area contributed by atoms with E-state index in [1.54, 1.807) is 6.92 Å². The van der Waals surface area contributed by atoms with Crippen molar-refractivity contribution >= 4 is 21.6 Å². The summed E-state index contributed by atoms with van der Waals surface area (Å²) in [5.41, 5.74) is 5.32. The van der Waals surface area contributed by atoms with Gasteiger partial charge in [-0.1, -0.05) is 6.07 Å². The number of anilines is 1. The fourth-order valence-electron chi connectivity index (χ4n) is 1.25. The first-order valence-corrected chi connectivity index (χ1v) is 6.66. The summed E-state index contributed by atoms with van der Waals surface area (Å²) >= 11 is 0. The Balaban J connectivity index is 3.06. The van der Waals surface area contributed by atoms with Gasteiger partial charge in [-0.15, -0.1) is 0 Å². The summed E-state index contributed by atoms with van der Waals surface area (Å²) in [6.07, 6.45) is 0.923. The van der Waals surface area contributed by atoms with Gasteiger partial charge in [0.15, 0.2) is 0 Å². The third-order valence-corrected chi connectivity index (χ3v) is 2.81. The fourth-order valence-corrected chi connectivity index (χ4v) is 1.81. The van der Waals surface area contributed by atoms with Gasteiger partial charge in [0.2, 0.25) is 15.9 Å². The lowest BCUT2D eigenvalue weighted by Crippen LogP contribution is -2.19. The number of carbonyl (C=O) groups excluding carboxylic acids is 1. The first kappa shape index (κ1) is 13.4. The first-order valence-electron chi connectivity index (χ1n) is 4.77. The third kappa shape index (κ3) is 3.70. The van der Waals surface area contributed by atoms with Crippen LogP contribution in [0.25, 0.3) is 0 Å². The quantitative estimate of drug-likeness (QED) is 0.838. The van der Waals surface area contributed by atoms with Crippen molar-refractivity contribution in [3.8, 4) is 0 Å². The maximum absolute atomic E-state index is 13.5. The average Bonchev–Trinajstić information content (AvgIpc) is 2.18. The Morgan fingerprint density at radius 1 is 1.47 bits per heavy atom. The molecule has 0 aliphatic heterocycles. The van der Waals surface area contributed by atoms with E-state index in [-0.39, 0.29) is 5.69 Å². The Labute approximate surface area is 98.9 Å². The maximum Gasteiger partial charge on any atom is 0.229 e. The van der Waals surface area contributed by atoms with E-state index in [4.69, 9.17) is 5.73 Å². The summed E-state index contributed by atoms with van der Waals surface area (Å²) in [4.78, 5) is 10.9. The molecule has 0 fully saturated rings. The van der Waals surface area contributed by atoms with E-state index in [0.29, 0.717) is 5.56 Å². The Morgan fingerprint density at radius 3 is 2.47 bits per heavy atom. The van der Waals surface area contributed by atoms with Crippen molar-refractivity contribution in [1.82, 2.24) is 0 Å². The molecule has 94 valence electrons. The van der Waals surface area contributed by atoms with Gasteiger partial charge in [0.05, 0.1) is 17.9 Å². The topological polar surface area (TPSA) is 89.3 Å². The normalized spacial score (nSPS) is 13.1. The van der Waals surface area contributed by atoms with Gasteiger partial charge in [-0.2, -0.15) is 0 Å². The van der Waals surface area contributed by atoms with Crippen LogP contribution in [0.2, 0.25) is 0 Å². The molecule has 1 rings (SSSR count). The van der Waals surface area contributed by atoms with Crippen molar-refractivity contribution in [3.63, 3.8) is 0 Å².